The van der Waals surface area contributed by atoms with Crippen molar-refractivity contribution in [2.24, 2.45) is 0 Å². The molecular weight excluding hydrogens is 298 g/mol. The molecule has 0 unspecified atom stereocenters. The molecule has 0 bridgehead atoms. The van der Waals surface area contributed by atoms with E-state index >= 15 is 0 Å². The van der Waals surface area contributed by atoms with E-state index in [9.17, 15) is 0 Å². The molecule has 0 fully saturated rings. The molecule has 2 rings (SSSR count). The fourth-order valence-electron chi connectivity index (χ4n) is 2.21. The lowest BCUT2D eigenvalue weighted by Gasteiger charge is -2.11. The molecule has 0 aliphatic rings. The molecule has 0 heterocycles. The van der Waals surface area contributed by atoms with Crippen LogP contribution in [0.1, 0.15) is 18.1 Å². The summed E-state index contributed by atoms with van der Waals surface area (Å²) < 4.78 is 10.9. The van der Waals surface area contributed by atoms with Gasteiger partial charge in [-0.1, -0.05) is 29.8 Å². The predicted octanol–water partition coefficient (Wildman–Crippen LogP) is 4.08. The lowest BCUT2D eigenvalue weighted by atomic mass is 10.1. The average Bonchev–Trinajstić information content (AvgIpc) is 2.54. The van der Waals surface area contributed by atoms with Gasteiger partial charge in [0.15, 0.2) is 11.5 Å². The minimum absolute atomic E-state index is 0.634. The highest BCUT2D eigenvalue weighted by Gasteiger charge is 2.05. The Morgan fingerprint density at radius 3 is 2.41 bits per heavy atom. The average molecular weight is 320 g/mol. The highest BCUT2D eigenvalue weighted by molar-refractivity contribution is 6.30. The second kappa shape index (κ2) is 8.66. The predicted molar refractivity (Wildman–Crippen MR) is 91.0 cm³/mol. The van der Waals surface area contributed by atoms with Crippen molar-refractivity contribution in [2.75, 3.05) is 20.3 Å². The monoisotopic (exact) mass is 319 g/mol. The van der Waals surface area contributed by atoms with Crippen molar-refractivity contribution in [1.29, 1.82) is 0 Å². The van der Waals surface area contributed by atoms with E-state index in [1.165, 1.54) is 11.1 Å². The first-order chi connectivity index (χ1) is 10.7. The summed E-state index contributed by atoms with van der Waals surface area (Å²) in [6.07, 6.45) is 0.978. The first-order valence-corrected chi connectivity index (χ1v) is 7.85. The van der Waals surface area contributed by atoms with Gasteiger partial charge < -0.3 is 14.8 Å². The normalized spacial score (nSPS) is 10.5. The highest BCUT2D eigenvalue weighted by Crippen LogP contribution is 2.27. The lowest BCUT2D eigenvalue weighted by molar-refractivity contribution is 0.310. The molecule has 0 radical (unpaired) electrons. The minimum atomic E-state index is 0.634. The lowest BCUT2D eigenvalue weighted by Crippen LogP contribution is -2.16. The quantitative estimate of drug-likeness (QED) is 0.744. The van der Waals surface area contributed by atoms with Crippen LogP contribution in [0.5, 0.6) is 11.5 Å². The van der Waals surface area contributed by atoms with Gasteiger partial charge in [-0.15, -0.1) is 0 Å². The van der Waals surface area contributed by atoms with Gasteiger partial charge in [-0.05, 0) is 55.3 Å². The maximum Gasteiger partial charge on any atom is 0.161 e. The molecule has 0 atom stereocenters. The Labute approximate surface area is 137 Å². The summed E-state index contributed by atoms with van der Waals surface area (Å²) in [5, 5.41) is 4.21. The van der Waals surface area contributed by atoms with Crippen LogP contribution in [0.4, 0.5) is 0 Å². The molecule has 0 aliphatic heterocycles. The number of benzene rings is 2. The first-order valence-electron chi connectivity index (χ1n) is 7.47. The number of methoxy groups -OCH3 is 1. The number of hydrogen-bond acceptors (Lipinski definition) is 3. The van der Waals surface area contributed by atoms with Gasteiger partial charge in [0.2, 0.25) is 0 Å². The molecule has 3 nitrogen and oxygen atoms in total. The molecule has 2 aromatic carbocycles. The van der Waals surface area contributed by atoms with Crippen LogP contribution < -0.4 is 14.8 Å². The number of halogens is 1. The zero-order chi connectivity index (χ0) is 15.8. The van der Waals surface area contributed by atoms with Crippen LogP contribution >= 0.6 is 11.6 Å². The molecule has 0 amide bonds. The van der Waals surface area contributed by atoms with E-state index < -0.39 is 0 Å². The molecule has 2 aromatic rings. The molecule has 0 spiro atoms. The molecule has 0 saturated heterocycles. The van der Waals surface area contributed by atoms with E-state index in [2.05, 4.69) is 23.5 Å². The van der Waals surface area contributed by atoms with Crippen LogP contribution in [0.3, 0.4) is 0 Å². The summed E-state index contributed by atoms with van der Waals surface area (Å²) in [5.41, 5.74) is 2.46. The maximum atomic E-state index is 5.88. The van der Waals surface area contributed by atoms with Crippen molar-refractivity contribution >= 4 is 11.6 Å². The van der Waals surface area contributed by atoms with Crippen molar-refractivity contribution in [1.82, 2.24) is 5.32 Å². The Bertz CT molecular complexity index is 584. The summed E-state index contributed by atoms with van der Waals surface area (Å²) in [5.74, 6) is 1.56. The van der Waals surface area contributed by atoms with Crippen LogP contribution in [0.15, 0.2) is 42.5 Å². The molecule has 118 valence electrons. The van der Waals surface area contributed by atoms with Gasteiger partial charge in [0.05, 0.1) is 13.7 Å². The van der Waals surface area contributed by atoms with Gasteiger partial charge in [-0.2, -0.15) is 0 Å². The van der Waals surface area contributed by atoms with Crippen molar-refractivity contribution in [3.63, 3.8) is 0 Å². The van der Waals surface area contributed by atoms with Crippen molar-refractivity contribution in [3.8, 4) is 11.5 Å². The fourth-order valence-corrected chi connectivity index (χ4v) is 2.34. The van der Waals surface area contributed by atoms with E-state index in [1.807, 2.05) is 31.2 Å². The summed E-state index contributed by atoms with van der Waals surface area (Å²) in [6.45, 7) is 4.31. The summed E-state index contributed by atoms with van der Waals surface area (Å²) in [7, 11) is 1.66. The molecule has 0 saturated carbocycles. The van der Waals surface area contributed by atoms with Crippen LogP contribution in [-0.4, -0.2) is 20.3 Å². The van der Waals surface area contributed by atoms with Gasteiger partial charge in [0.1, 0.15) is 0 Å². The molecule has 0 aromatic heterocycles. The molecule has 0 aliphatic carbocycles. The minimum Gasteiger partial charge on any atom is -0.493 e. The van der Waals surface area contributed by atoms with E-state index in [1.54, 1.807) is 7.11 Å². The molecule has 4 heteroatoms. The Hall–Kier alpha value is -1.71. The summed E-state index contributed by atoms with van der Waals surface area (Å²) in [4.78, 5) is 0. The third-order valence-electron chi connectivity index (χ3n) is 3.36. The highest BCUT2D eigenvalue weighted by atomic mass is 35.5. The number of rotatable bonds is 8. The SMILES string of the molecule is CCOc1ccc(CNCCc2ccc(Cl)cc2)cc1OC. The van der Waals surface area contributed by atoms with Gasteiger partial charge >= 0.3 is 0 Å². The van der Waals surface area contributed by atoms with Gasteiger partial charge in [0, 0.05) is 11.6 Å². The van der Waals surface area contributed by atoms with Gasteiger partial charge in [-0.25, -0.2) is 0 Å². The van der Waals surface area contributed by atoms with Crippen molar-refractivity contribution in [2.45, 2.75) is 19.9 Å². The van der Waals surface area contributed by atoms with E-state index in [0.29, 0.717) is 6.61 Å². The van der Waals surface area contributed by atoms with Gasteiger partial charge in [-0.3, -0.25) is 0 Å². The molecular formula is C18H22ClNO2. The Kier molecular flexibility index (Phi) is 6.56. The van der Waals surface area contributed by atoms with E-state index in [-0.39, 0.29) is 0 Å². The smallest absolute Gasteiger partial charge is 0.161 e. The zero-order valence-electron chi connectivity index (χ0n) is 13.1. The number of nitrogens with one attached hydrogen (secondary N) is 1. The molecule has 22 heavy (non-hydrogen) atoms. The summed E-state index contributed by atoms with van der Waals surface area (Å²) in [6, 6.07) is 14.0. The van der Waals surface area contributed by atoms with Crippen LogP contribution in [0.2, 0.25) is 5.02 Å². The number of ether oxygens (including phenoxy) is 2. The van der Waals surface area contributed by atoms with Crippen LogP contribution in [0, 0.1) is 0 Å². The third-order valence-corrected chi connectivity index (χ3v) is 3.61. The number of hydrogen-bond donors (Lipinski definition) is 1. The van der Waals surface area contributed by atoms with Crippen LogP contribution in [0.25, 0.3) is 0 Å². The second-order valence-electron chi connectivity index (χ2n) is 4.97. The maximum absolute atomic E-state index is 5.88. The Morgan fingerprint density at radius 1 is 1.00 bits per heavy atom. The third kappa shape index (κ3) is 4.93. The standard InChI is InChI=1S/C18H22ClNO2/c1-3-22-17-9-6-15(12-18(17)21-2)13-20-11-10-14-4-7-16(19)8-5-14/h4-9,12,20H,3,10-11,13H2,1-2H3. The molecule has 1 N–H and O–H groups in total. The first kappa shape index (κ1) is 16.7. The van der Waals surface area contributed by atoms with E-state index in [4.69, 9.17) is 21.1 Å². The van der Waals surface area contributed by atoms with Crippen molar-refractivity contribution < 1.29 is 9.47 Å². The Balaban J connectivity index is 1.82. The van der Waals surface area contributed by atoms with Gasteiger partial charge in [0.25, 0.3) is 0 Å². The zero-order valence-corrected chi connectivity index (χ0v) is 13.8. The topological polar surface area (TPSA) is 30.5 Å². The Morgan fingerprint density at radius 2 is 1.73 bits per heavy atom. The summed E-state index contributed by atoms with van der Waals surface area (Å²) >= 11 is 5.88. The second-order valence-corrected chi connectivity index (χ2v) is 5.41. The van der Waals surface area contributed by atoms with Crippen LogP contribution in [-0.2, 0) is 13.0 Å². The fraction of sp³-hybridized carbons (Fsp3) is 0.333. The largest absolute Gasteiger partial charge is 0.493 e. The van der Waals surface area contributed by atoms with E-state index in [0.717, 1.165) is 36.0 Å². The van der Waals surface area contributed by atoms with Crippen molar-refractivity contribution in [3.05, 3.63) is 58.6 Å².